The van der Waals surface area contributed by atoms with Crippen LogP contribution in [0.25, 0.3) is 0 Å². The lowest BCUT2D eigenvalue weighted by molar-refractivity contribution is -0.151. The first-order valence-electron chi connectivity index (χ1n) is 10.2. The van der Waals surface area contributed by atoms with Gasteiger partial charge in [0.15, 0.2) is 0 Å². The Labute approximate surface area is 191 Å². The highest BCUT2D eigenvalue weighted by atomic mass is 35.5. The molecule has 10 heteroatoms. The second-order valence-corrected chi connectivity index (χ2v) is 8.72. The molecule has 2 N–H and O–H groups in total. The fraction of sp³-hybridized carbons (Fsp3) is 0.571. The molecule has 0 bridgehead atoms. The van der Waals surface area contributed by atoms with Crippen LogP contribution in [0.1, 0.15) is 38.2 Å². The largest absolute Gasteiger partial charge is 0.480 e. The average Bonchev–Trinajstić information content (AvgIpc) is 3.08. The molecule has 0 aromatic heterocycles. The number of carboxylic acid groups (broad SMARTS) is 1. The number of benzene rings is 1. The van der Waals surface area contributed by atoms with E-state index in [1.807, 2.05) is 0 Å². The summed E-state index contributed by atoms with van der Waals surface area (Å²) in [5.74, 6) is -1.67. The van der Waals surface area contributed by atoms with Crippen molar-refractivity contribution < 1.29 is 28.6 Å². The molecule has 31 heavy (non-hydrogen) atoms. The van der Waals surface area contributed by atoms with Gasteiger partial charge in [-0.15, -0.1) is 24.2 Å². The molecule has 1 unspecified atom stereocenters. The van der Waals surface area contributed by atoms with Crippen molar-refractivity contribution in [3.05, 3.63) is 35.6 Å². The van der Waals surface area contributed by atoms with Gasteiger partial charge in [-0.25, -0.2) is 9.18 Å². The van der Waals surface area contributed by atoms with Crippen LogP contribution in [0.4, 0.5) is 4.39 Å². The number of aryl methyl sites for hydroxylation is 1. The molecule has 0 spiro atoms. The van der Waals surface area contributed by atoms with Crippen LogP contribution in [0.3, 0.4) is 0 Å². The van der Waals surface area contributed by atoms with Crippen LogP contribution in [0.5, 0.6) is 0 Å². The van der Waals surface area contributed by atoms with Crippen LogP contribution in [0.2, 0.25) is 0 Å². The maximum Gasteiger partial charge on any atom is 0.327 e. The average molecular weight is 475 g/mol. The molecule has 7 nitrogen and oxygen atoms in total. The Hall–Kier alpha value is -1.84. The Morgan fingerprint density at radius 3 is 2.68 bits per heavy atom. The molecule has 1 aromatic carbocycles. The van der Waals surface area contributed by atoms with Crippen molar-refractivity contribution >= 4 is 42.0 Å². The molecule has 0 aliphatic carbocycles. The molecular formula is C21H28ClFN2O5S. The summed E-state index contributed by atoms with van der Waals surface area (Å²) in [6, 6.07) is 3.88. The molecule has 172 valence electrons. The zero-order chi connectivity index (χ0) is 21.7. The summed E-state index contributed by atoms with van der Waals surface area (Å²) in [4.78, 5) is 38.7. The second kappa shape index (κ2) is 11.7. The lowest BCUT2D eigenvalue weighted by atomic mass is 10.0. The summed E-state index contributed by atoms with van der Waals surface area (Å²) >= 11 is 1.50. The lowest BCUT2D eigenvalue weighted by Gasteiger charge is -2.30. The summed E-state index contributed by atoms with van der Waals surface area (Å²) in [5.41, 5.74) is 0.877. The number of amides is 1. The Morgan fingerprint density at radius 2 is 2.03 bits per heavy atom. The smallest absolute Gasteiger partial charge is 0.327 e. The normalized spacial score (nSPS) is 24.0. The number of thioether (sulfide) groups is 1. The number of carbonyl (C=O) groups is 3. The van der Waals surface area contributed by atoms with Crippen molar-refractivity contribution in [3.63, 3.8) is 0 Å². The third kappa shape index (κ3) is 6.33. The molecule has 2 aliphatic rings. The summed E-state index contributed by atoms with van der Waals surface area (Å²) in [7, 11) is 0. The van der Waals surface area contributed by atoms with Gasteiger partial charge >= 0.3 is 11.9 Å². The highest BCUT2D eigenvalue weighted by Crippen LogP contribution is 2.35. The van der Waals surface area contributed by atoms with Crippen LogP contribution < -0.4 is 5.32 Å². The SMILES string of the molecule is CCOC(=O)C(CCc1ccc(F)cc1)N[C@H]1CCC[C@H]2SC[C@@H](C(=O)O)N2C1=O.Cl. The monoisotopic (exact) mass is 474 g/mol. The summed E-state index contributed by atoms with van der Waals surface area (Å²) in [5, 5.41) is 12.5. The van der Waals surface area contributed by atoms with Crippen molar-refractivity contribution in [2.75, 3.05) is 12.4 Å². The van der Waals surface area contributed by atoms with Crippen LogP contribution in [0, 0.1) is 5.82 Å². The number of carboxylic acids is 1. The first-order valence-corrected chi connectivity index (χ1v) is 11.3. The number of hydrogen-bond donors (Lipinski definition) is 2. The van der Waals surface area contributed by atoms with E-state index in [0.717, 1.165) is 18.4 Å². The van der Waals surface area contributed by atoms with Gasteiger partial charge in [0.05, 0.1) is 18.0 Å². The number of nitrogens with one attached hydrogen (secondary N) is 1. The molecule has 2 saturated heterocycles. The van der Waals surface area contributed by atoms with Gasteiger partial charge < -0.3 is 14.7 Å². The maximum atomic E-state index is 13.2. The molecule has 2 fully saturated rings. The van der Waals surface area contributed by atoms with Crippen molar-refractivity contribution in [1.82, 2.24) is 10.2 Å². The van der Waals surface area contributed by atoms with E-state index < -0.39 is 30.1 Å². The third-order valence-corrected chi connectivity index (χ3v) is 6.84. The molecule has 1 amide bonds. The standard InChI is InChI=1S/C21H27FN2O5S.ClH/c1-2-29-21(28)16(11-8-13-6-9-14(22)10-7-13)23-15-4-3-5-18-24(19(15)25)17(12-30-18)20(26)27;/h6-7,9-10,15-18,23H,2-5,8,11-12H2,1H3,(H,26,27);1H/t15-,16?,17-,18+;/m0./s1. The Kier molecular flexibility index (Phi) is 9.58. The minimum atomic E-state index is -1.00. The van der Waals surface area contributed by atoms with Crippen molar-refractivity contribution in [2.24, 2.45) is 0 Å². The summed E-state index contributed by atoms with van der Waals surface area (Å²) < 4.78 is 18.3. The predicted molar refractivity (Wildman–Crippen MR) is 118 cm³/mol. The number of aliphatic carboxylic acids is 1. The minimum absolute atomic E-state index is 0. The number of esters is 1. The number of rotatable bonds is 8. The molecular weight excluding hydrogens is 447 g/mol. The predicted octanol–water partition coefficient (Wildman–Crippen LogP) is 2.61. The van der Waals surface area contributed by atoms with E-state index in [0.29, 0.717) is 25.0 Å². The topological polar surface area (TPSA) is 95.9 Å². The second-order valence-electron chi connectivity index (χ2n) is 7.51. The number of halogens is 2. The lowest BCUT2D eigenvalue weighted by Crippen LogP contribution is -2.55. The Morgan fingerprint density at radius 1 is 1.32 bits per heavy atom. The van der Waals surface area contributed by atoms with Crippen molar-refractivity contribution in [2.45, 2.75) is 62.5 Å². The quantitative estimate of drug-likeness (QED) is 0.559. The first kappa shape index (κ1) is 25.4. The van der Waals surface area contributed by atoms with Gasteiger partial charge in [-0.05, 0) is 56.7 Å². The highest BCUT2D eigenvalue weighted by molar-refractivity contribution is 8.00. The van der Waals surface area contributed by atoms with Crippen molar-refractivity contribution in [1.29, 1.82) is 0 Å². The van der Waals surface area contributed by atoms with E-state index in [-0.39, 0.29) is 36.1 Å². The first-order chi connectivity index (χ1) is 14.4. The van der Waals surface area contributed by atoms with Gasteiger partial charge in [0.1, 0.15) is 17.9 Å². The third-order valence-electron chi connectivity index (χ3n) is 5.48. The minimum Gasteiger partial charge on any atom is -0.480 e. The van der Waals surface area contributed by atoms with Gasteiger partial charge in [-0.3, -0.25) is 14.9 Å². The number of fused-ring (bicyclic) bond motifs is 1. The Bertz CT molecular complexity index is 782. The van der Waals surface area contributed by atoms with Crippen LogP contribution in [-0.2, 0) is 25.5 Å². The molecule has 1 aromatic rings. The summed E-state index contributed by atoms with van der Waals surface area (Å²) in [6.07, 6.45) is 2.92. The van der Waals surface area contributed by atoms with Crippen LogP contribution in [0.15, 0.2) is 24.3 Å². The van der Waals surface area contributed by atoms with E-state index in [1.54, 1.807) is 19.1 Å². The van der Waals surface area contributed by atoms with E-state index in [2.05, 4.69) is 5.32 Å². The molecule has 3 rings (SSSR count). The van der Waals surface area contributed by atoms with E-state index in [1.165, 1.54) is 28.8 Å². The number of hydrogen-bond acceptors (Lipinski definition) is 6. The molecule has 0 saturated carbocycles. The Balaban J connectivity index is 0.00000341. The fourth-order valence-electron chi connectivity index (χ4n) is 3.94. The number of carbonyl (C=O) groups excluding carboxylic acids is 2. The molecule has 2 heterocycles. The fourth-order valence-corrected chi connectivity index (χ4v) is 5.40. The molecule has 2 aliphatic heterocycles. The van der Waals surface area contributed by atoms with E-state index in [9.17, 15) is 23.9 Å². The van der Waals surface area contributed by atoms with E-state index >= 15 is 0 Å². The van der Waals surface area contributed by atoms with Crippen LogP contribution >= 0.6 is 24.2 Å². The molecule has 0 radical (unpaired) electrons. The summed E-state index contributed by atoms with van der Waals surface area (Å²) in [6.45, 7) is 1.94. The van der Waals surface area contributed by atoms with Crippen molar-refractivity contribution in [3.8, 4) is 0 Å². The van der Waals surface area contributed by atoms with Gasteiger partial charge in [-0.1, -0.05) is 12.1 Å². The number of ether oxygens (including phenoxy) is 1. The van der Waals surface area contributed by atoms with Gasteiger partial charge in [0.25, 0.3) is 0 Å². The maximum absolute atomic E-state index is 13.2. The molecule has 4 atom stereocenters. The highest BCUT2D eigenvalue weighted by Gasteiger charge is 2.45. The van der Waals surface area contributed by atoms with Crippen LogP contribution in [-0.4, -0.2) is 63.7 Å². The van der Waals surface area contributed by atoms with E-state index in [4.69, 9.17) is 4.74 Å². The number of nitrogens with zero attached hydrogens (tertiary/aromatic N) is 1. The van der Waals surface area contributed by atoms with Gasteiger partial charge in [0.2, 0.25) is 5.91 Å². The zero-order valence-corrected chi connectivity index (χ0v) is 18.9. The van der Waals surface area contributed by atoms with Gasteiger partial charge in [0, 0.05) is 5.75 Å². The van der Waals surface area contributed by atoms with Gasteiger partial charge in [-0.2, -0.15) is 0 Å². The zero-order valence-electron chi connectivity index (χ0n) is 17.3.